The highest BCUT2D eigenvalue weighted by Gasteiger charge is 2.08. The molecule has 0 radical (unpaired) electrons. The van der Waals surface area contributed by atoms with E-state index in [4.69, 9.17) is 11.6 Å². The van der Waals surface area contributed by atoms with Crippen molar-refractivity contribution in [1.29, 1.82) is 0 Å². The molecule has 0 saturated carbocycles. The third kappa shape index (κ3) is 2.97. The quantitative estimate of drug-likeness (QED) is 0.858. The van der Waals surface area contributed by atoms with Gasteiger partial charge in [0.15, 0.2) is 0 Å². The van der Waals surface area contributed by atoms with E-state index >= 15 is 0 Å². The Morgan fingerprint density at radius 1 is 1.43 bits per heavy atom. The van der Waals surface area contributed by atoms with Crippen LogP contribution in [-0.2, 0) is 4.79 Å². The zero-order valence-corrected chi connectivity index (χ0v) is 11.3. The summed E-state index contributed by atoms with van der Waals surface area (Å²) in [5.74, 6) is -0.0336. The number of carbonyl (C=O) groups is 1. The molecule has 0 bridgehead atoms. The SMILES string of the molecule is CCC(=O)Nc1c(Br)cc(Cl)cc1Br. The van der Waals surface area contributed by atoms with E-state index in [1.165, 1.54) is 0 Å². The van der Waals surface area contributed by atoms with E-state index in [-0.39, 0.29) is 5.91 Å². The lowest BCUT2D eigenvalue weighted by Gasteiger charge is -2.09. The van der Waals surface area contributed by atoms with Crippen molar-refractivity contribution >= 4 is 55.1 Å². The number of rotatable bonds is 2. The number of benzene rings is 1. The monoisotopic (exact) mass is 339 g/mol. The molecule has 0 aromatic heterocycles. The van der Waals surface area contributed by atoms with Crippen LogP contribution in [-0.4, -0.2) is 5.91 Å². The zero-order chi connectivity index (χ0) is 10.7. The standard InChI is InChI=1S/C9H8Br2ClNO/c1-2-8(14)13-9-6(10)3-5(12)4-7(9)11/h3-4H,2H2,1H3,(H,13,14). The second-order valence-electron chi connectivity index (χ2n) is 2.65. The fraction of sp³-hybridized carbons (Fsp3) is 0.222. The summed E-state index contributed by atoms with van der Waals surface area (Å²) in [6.45, 7) is 1.80. The minimum Gasteiger partial charge on any atom is -0.324 e. The normalized spacial score (nSPS) is 10.0. The molecule has 0 atom stereocenters. The number of hydrogen-bond donors (Lipinski definition) is 1. The van der Waals surface area contributed by atoms with Gasteiger partial charge in [0.05, 0.1) is 5.69 Å². The Hall–Kier alpha value is -0.0600. The Labute approximate surface area is 104 Å². The van der Waals surface area contributed by atoms with Gasteiger partial charge >= 0.3 is 0 Å². The van der Waals surface area contributed by atoms with E-state index in [1.807, 2.05) is 0 Å². The summed E-state index contributed by atoms with van der Waals surface area (Å²) in [4.78, 5) is 11.2. The topological polar surface area (TPSA) is 29.1 Å². The van der Waals surface area contributed by atoms with Crippen LogP contribution >= 0.6 is 43.5 Å². The minimum absolute atomic E-state index is 0.0336. The van der Waals surface area contributed by atoms with Gasteiger partial charge in [0.1, 0.15) is 0 Å². The second-order valence-corrected chi connectivity index (χ2v) is 4.79. The van der Waals surface area contributed by atoms with Gasteiger partial charge in [0.2, 0.25) is 5.91 Å². The molecule has 2 nitrogen and oxygen atoms in total. The van der Waals surface area contributed by atoms with Gasteiger partial charge in [-0.1, -0.05) is 18.5 Å². The van der Waals surface area contributed by atoms with E-state index in [0.29, 0.717) is 17.1 Å². The number of amides is 1. The number of carbonyl (C=O) groups excluding carboxylic acids is 1. The van der Waals surface area contributed by atoms with Crippen LogP contribution in [0.4, 0.5) is 5.69 Å². The lowest BCUT2D eigenvalue weighted by atomic mass is 10.3. The van der Waals surface area contributed by atoms with Crippen molar-refractivity contribution in [2.45, 2.75) is 13.3 Å². The summed E-state index contributed by atoms with van der Waals surface area (Å²) >= 11 is 12.5. The maximum absolute atomic E-state index is 11.2. The Kier molecular flexibility index (Phi) is 4.41. The summed E-state index contributed by atoms with van der Waals surface area (Å²) in [5, 5.41) is 3.37. The first kappa shape index (κ1) is 12.0. The number of hydrogen-bond acceptors (Lipinski definition) is 1. The Bertz CT molecular complexity index is 345. The van der Waals surface area contributed by atoms with Crippen LogP contribution in [0.2, 0.25) is 5.02 Å². The van der Waals surface area contributed by atoms with E-state index < -0.39 is 0 Å². The van der Waals surface area contributed by atoms with Gasteiger partial charge in [-0.25, -0.2) is 0 Å². The maximum atomic E-state index is 11.2. The lowest BCUT2D eigenvalue weighted by molar-refractivity contribution is -0.115. The van der Waals surface area contributed by atoms with Crippen molar-refractivity contribution in [3.63, 3.8) is 0 Å². The van der Waals surface area contributed by atoms with Gasteiger partial charge in [-0.05, 0) is 44.0 Å². The molecule has 5 heteroatoms. The highest BCUT2D eigenvalue weighted by atomic mass is 79.9. The lowest BCUT2D eigenvalue weighted by Crippen LogP contribution is -2.10. The molecule has 0 heterocycles. The molecule has 0 aliphatic rings. The summed E-state index contributed by atoms with van der Waals surface area (Å²) < 4.78 is 1.53. The van der Waals surface area contributed by atoms with Gasteiger partial charge in [0, 0.05) is 20.4 Å². The van der Waals surface area contributed by atoms with Crippen LogP contribution < -0.4 is 5.32 Å². The molecule has 0 fully saturated rings. The van der Waals surface area contributed by atoms with Crippen LogP contribution in [0.1, 0.15) is 13.3 Å². The van der Waals surface area contributed by atoms with Crippen molar-refractivity contribution in [1.82, 2.24) is 0 Å². The molecule has 0 unspecified atom stereocenters. The average Bonchev–Trinajstić information content (AvgIpc) is 2.10. The molecule has 0 aliphatic heterocycles. The van der Waals surface area contributed by atoms with Gasteiger partial charge < -0.3 is 5.32 Å². The van der Waals surface area contributed by atoms with Crippen LogP contribution in [0, 0.1) is 0 Å². The first-order valence-electron chi connectivity index (χ1n) is 3.99. The molecule has 0 aliphatic carbocycles. The predicted molar refractivity (Wildman–Crippen MR) is 65.8 cm³/mol. The molecule has 1 rings (SSSR count). The summed E-state index contributed by atoms with van der Waals surface area (Å²) in [6.07, 6.45) is 0.446. The fourth-order valence-corrected chi connectivity index (χ4v) is 2.76. The summed E-state index contributed by atoms with van der Waals surface area (Å²) in [7, 11) is 0. The molecule has 1 aromatic rings. The highest BCUT2D eigenvalue weighted by molar-refractivity contribution is 9.11. The maximum Gasteiger partial charge on any atom is 0.224 e. The van der Waals surface area contributed by atoms with Gasteiger partial charge in [-0.15, -0.1) is 0 Å². The predicted octanol–water partition coefficient (Wildman–Crippen LogP) is 4.21. The Balaban J connectivity index is 3.02. The van der Waals surface area contributed by atoms with E-state index in [9.17, 15) is 4.79 Å². The molecule has 1 aromatic carbocycles. The van der Waals surface area contributed by atoms with Gasteiger partial charge in [-0.2, -0.15) is 0 Å². The Morgan fingerprint density at radius 3 is 2.36 bits per heavy atom. The first-order chi connectivity index (χ1) is 6.54. The van der Waals surface area contributed by atoms with E-state index in [2.05, 4.69) is 37.2 Å². The number of anilines is 1. The number of halogens is 3. The van der Waals surface area contributed by atoms with Crippen molar-refractivity contribution in [3.05, 3.63) is 26.1 Å². The second kappa shape index (κ2) is 5.14. The van der Waals surface area contributed by atoms with Crippen LogP contribution in [0.25, 0.3) is 0 Å². The average molecular weight is 341 g/mol. The Morgan fingerprint density at radius 2 is 1.93 bits per heavy atom. The van der Waals surface area contributed by atoms with E-state index in [1.54, 1.807) is 19.1 Å². The molecule has 1 N–H and O–H groups in total. The number of nitrogens with one attached hydrogen (secondary N) is 1. The summed E-state index contributed by atoms with van der Waals surface area (Å²) in [5.41, 5.74) is 0.709. The van der Waals surface area contributed by atoms with Gasteiger partial charge in [-0.3, -0.25) is 4.79 Å². The molecular formula is C9H8Br2ClNO. The van der Waals surface area contributed by atoms with Gasteiger partial charge in [0.25, 0.3) is 0 Å². The van der Waals surface area contributed by atoms with Crippen molar-refractivity contribution in [2.24, 2.45) is 0 Å². The van der Waals surface area contributed by atoms with Crippen LogP contribution in [0.3, 0.4) is 0 Å². The largest absolute Gasteiger partial charge is 0.324 e. The zero-order valence-electron chi connectivity index (χ0n) is 7.40. The minimum atomic E-state index is -0.0336. The molecule has 14 heavy (non-hydrogen) atoms. The smallest absolute Gasteiger partial charge is 0.224 e. The first-order valence-corrected chi connectivity index (χ1v) is 5.95. The highest BCUT2D eigenvalue weighted by Crippen LogP contribution is 2.34. The van der Waals surface area contributed by atoms with E-state index in [0.717, 1.165) is 8.95 Å². The molecule has 0 spiro atoms. The van der Waals surface area contributed by atoms with Crippen molar-refractivity contribution < 1.29 is 4.79 Å². The third-order valence-corrected chi connectivity index (χ3v) is 3.06. The van der Waals surface area contributed by atoms with Crippen molar-refractivity contribution in [2.75, 3.05) is 5.32 Å². The summed E-state index contributed by atoms with van der Waals surface area (Å²) in [6, 6.07) is 3.47. The molecule has 76 valence electrons. The fourth-order valence-electron chi connectivity index (χ4n) is 0.889. The molecule has 0 saturated heterocycles. The molecule has 1 amide bonds. The van der Waals surface area contributed by atoms with Crippen LogP contribution in [0.5, 0.6) is 0 Å². The van der Waals surface area contributed by atoms with Crippen molar-refractivity contribution in [3.8, 4) is 0 Å². The molecular weight excluding hydrogens is 333 g/mol. The van der Waals surface area contributed by atoms with Crippen LogP contribution in [0.15, 0.2) is 21.1 Å². The third-order valence-electron chi connectivity index (χ3n) is 1.59.